The number of rotatable bonds is 8. The Morgan fingerprint density at radius 3 is 2.48 bits per heavy atom. The lowest BCUT2D eigenvalue weighted by atomic mass is 10.0. The Kier molecular flexibility index (Phi) is 6.90. The molecule has 0 aromatic rings. The van der Waals surface area contributed by atoms with E-state index >= 15 is 0 Å². The molecule has 1 fully saturated rings. The quantitative estimate of drug-likeness (QED) is 0.509. The molecule has 0 bridgehead atoms. The van der Waals surface area contributed by atoms with Crippen LogP contribution in [0.2, 0.25) is 0 Å². The first kappa shape index (κ1) is 18.2. The molecule has 1 unspecified atom stereocenters. The second-order valence-electron chi connectivity index (χ2n) is 6.37. The third-order valence-corrected chi connectivity index (χ3v) is 3.32. The molecule has 0 aliphatic carbocycles. The van der Waals surface area contributed by atoms with Gasteiger partial charge in [-0.1, -0.05) is 6.92 Å². The predicted octanol–water partition coefficient (Wildman–Crippen LogP) is 2.41. The van der Waals surface area contributed by atoms with Crippen LogP contribution >= 0.6 is 0 Å². The number of carbonyl (C=O) groups excluding carboxylic acids is 1. The minimum atomic E-state index is -0.513. The zero-order valence-corrected chi connectivity index (χ0v) is 14.0. The summed E-state index contributed by atoms with van der Waals surface area (Å²) in [5.41, 5.74) is -0.513. The average molecular weight is 303 g/mol. The van der Waals surface area contributed by atoms with Crippen LogP contribution in [0.15, 0.2) is 0 Å². The molecule has 0 saturated carbocycles. The van der Waals surface area contributed by atoms with Crippen molar-refractivity contribution >= 4 is 6.09 Å². The normalized spacial score (nSPS) is 20.8. The Hall–Kier alpha value is -0.850. The van der Waals surface area contributed by atoms with E-state index in [4.69, 9.17) is 18.9 Å². The minimum absolute atomic E-state index is 0.0903. The van der Waals surface area contributed by atoms with Crippen molar-refractivity contribution in [3.63, 3.8) is 0 Å². The number of epoxide rings is 1. The molecule has 124 valence electrons. The van der Waals surface area contributed by atoms with Crippen molar-refractivity contribution in [3.05, 3.63) is 0 Å². The summed E-state index contributed by atoms with van der Waals surface area (Å²) in [4.78, 5) is 13.9. The van der Waals surface area contributed by atoms with Crippen LogP contribution in [-0.2, 0) is 18.9 Å². The molecular weight excluding hydrogens is 274 g/mol. The van der Waals surface area contributed by atoms with Crippen LogP contribution in [0, 0.1) is 0 Å². The SMILES string of the molecule is CC[C@H](OCOC)[C@@H](CC1CO1)N(C)C(=O)OC(C)(C)C. The van der Waals surface area contributed by atoms with Crippen molar-refractivity contribution in [1.29, 1.82) is 0 Å². The second-order valence-corrected chi connectivity index (χ2v) is 6.37. The average Bonchev–Trinajstić information content (AvgIpc) is 3.19. The third kappa shape index (κ3) is 6.63. The fourth-order valence-electron chi connectivity index (χ4n) is 2.16. The summed E-state index contributed by atoms with van der Waals surface area (Å²) in [6.07, 6.45) is 1.30. The molecule has 0 N–H and O–H groups in total. The van der Waals surface area contributed by atoms with E-state index in [-0.39, 0.29) is 31.1 Å². The number of carbonyl (C=O) groups is 1. The van der Waals surface area contributed by atoms with Crippen LogP contribution in [-0.4, -0.2) is 62.4 Å². The molecule has 0 radical (unpaired) electrons. The monoisotopic (exact) mass is 303 g/mol. The molecule has 0 spiro atoms. The van der Waals surface area contributed by atoms with Crippen LogP contribution < -0.4 is 0 Å². The molecule has 1 saturated heterocycles. The Bertz CT molecular complexity index is 325. The lowest BCUT2D eigenvalue weighted by Gasteiger charge is -2.35. The Morgan fingerprint density at radius 2 is 2.05 bits per heavy atom. The van der Waals surface area contributed by atoms with Gasteiger partial charge < -0.3 is 23.8 Å². The fraction of sp³-hybridized carbons (Fsp3) is 0.933. The largest absolute Gasteiger partial charge is 0.444 e. The van der Waals surface area contributed by atoms with Gasteiger partial charge >= 0.3 is 6.09 Å². The summed E-state index contributed by atoms with van der Waals surface area (Å²) in [5.74, 6) is 0. The third-order valence-electron chi connectivity index (χ3n) is 3.32. The van der Waals surface area contributed by atoms with E-state index in [1.807, 2.05) is 27.7 Å². The molecular formula is C15H29NO5. The molecule has 0 aromatic carbocycles. The first-order chi connectivity index (χ1) is 9.78. The number of nitrogens with zero attached hydrogens (tertiary/aromatic N) is 1. The van der Waals surface area contributed by atoms with Crippen LogP contribution in [0.1, 0.15) is 40.5 Å². The Labute approximate surface area is 127 Å². The van der Waals surface area contributed by atoms with Crippen LogP contribution in [0.5, 0.6) is 0 Å². The predicted molar refractivity (Wildman–Crippen MR) is 79.2 cm³/mol. The van der Waals surface area contributed by atoms with Crippen molar-refractivity contribution in [2.75, 3.05) is 27.6 Å². The van der Waals surface area contributed by atoms with E-state index in [2.05, 4.69) is 0 Å². The minimum Gasteiger partial charge on any atom is -0.444 e. The van der Waals surface area contributed by atoms with Gasteiger partial charge in [0.1, 0.15) is 12.4 Å². The van der Waals surface area contributed by atoms with Gasteiger partial charge in [0.15, 0.2) is 0 Å². The molecule has 1 aliphatic heterocycles. The number of ether oxygens (including phenoxy) is 4. The summed E-state index contributed by atoms with van der Waals surface area (Å²) >= 11 is 0. The van der Waals surface area contributed by atoms with Gasteiger partial charge in [0, 0.05) is 14.2 Å². The number of hydrogen-bond donors (Lipinski definition) is 0. The van der Waals surface area contributed by atoms with E-state index in [1.54, 1.807) is 19.1 Å². The van der Waals surface area contributed by atoms with E-state index in [9.17, 15) is 4.79 Å². The summed E-state index contributed by atoms with van der Waals surface area (Å²) < 4.78 is 21.4. The van der Waals surface area contributed by atoms with Gasteiger partial charge in [-0.2, -0.15) is 0 Å². The molecule has 1 rings (SSSR count). The molecule has 21 heavy (non-hydrogen) atoms. The highest BCUT2D eigenvalue weighted by atomic mass is 16.7. The summed E-state index contributed by atoms with van der Waals surface area (Å²) in [6.45, 7) is 8.56. The number of methoxy groups -OCH3 is 1. The zero-order chi connectivity index (χ0) is 16.0. The van der Waals surface area contributed by atoms with Crippen LogP contribution in [0.3, 0.4) is 0 Å². The lowest BCUT2D eigenvalue weighted by Crippen LogP contribution is -2.48. The molecule has 6 heteroatoms. The molecule has 6 nitrogen and oxygen atoms in total. The maximum atomic E-state index is 12.3. The summed E-state index contributed by atoms with van der Waals surface area (Å²) in [5, 5.41) is 0. The van der Waals surface area contributed by atoms with Crippen molar-refractivity contribution in [3.8, 4) is 0 Å². The molecule has 1 aliphatic rings. The molecule has 0 aromatic heterocycles. The number of hydrogen-bond acceptors (Lipinski definition) is 5. The van der Waals surface area contributed by atoms with Gasteiger partial charge in [0.25, 0.3) is 0 Å². The first-order valence-electron chi connectivity index (χ1n) is 7.46. The molecule has 1 amide bonds. The highest BCUT2D eigenvalue weighted by Gasteiger charge is 2.36. The second kappa shape index (κ2) is 7.96. The highest BCUT2D eigenvalue weighted by Crippen LogP contribution is 2.24. The van der Waals surface area contributed by atoms with Crippen LogP contribution in [0.25, 0.3) is 0 Å². The van der Waals surface area contributed by atoms with Crippen molar-refractivity contribution in [1.82, 2.24) is 4.90 Å². The van der Waals surface area contributed by atoms with E-state index in [0.29, 0.717) is 0 Å². The smallest absolute Gasteiger partial charge is 0.410 e. The van der Waals surface area contributed by atoms with Crippen molar-refractivity contribution in [2.45, 2.75) is 64.4 Å². The van der Waals surface area contributed by atoms with E-state index in [0.717, 1.165) is 19.4 Å². The number of amides is 1. The van der Waals surface area contributed by atoms with Gasteiger partial charge in [-0.3, -0.25) is 0 Å². The lowest BCUT2D eigenvalue weighted by molar-refractivity contribution is -0.100. The first-order valence-corrected chi connectivity index (χ1v) is 7.46. The number of likely N-dealkylation sites (N-methyl/N-ethyl adjacent to an activating group) is 1. The van der Waals surface area contributed by atoms with Crippen LogP contribution in [0.4, 0.5) is 4.79 Å². The zero-order valence-electron chi connectivity index (χ0n) is 14.0. The standard InChI is InChI=1S/C15H29NO5/c1-7-13(20-10-18-6)12(8-11-9-19-11)16(5)14(17)21-15(2,3)4/h11-13H,7-10H2,1-6H3/t11?,12-,13+/m1/s1. The van der Waals surface area contributed by atoms with Gasteiger partial charge in [-0.05, 0) is 33.6 Å². The highest BCUT2D eigenvalue weighted by molar-refractivity contribution is 5.68. The van der Waals surface area contributed by atoms with Gasteiger partial charge in [-0.15, -0.1) is 0 Å². The topological polar surface area (TPSA) is 60.5 Å². The van der Waals surface area contributed by atoms with Gasteiger partial charge in [0.2, 0.25) is 0 Å². The Morgan fingerprint density at radius 1 is 1.43 bits per heavy atom. The van der Waals surface area contributed by atoms with Gasteiger partial charge in [-0.25, -0.2) is 4.79 Å². The maximum absolute atomic E-state index is 12.3. The molecule has 1 heterocycles. The Balaban J connectivity index is 2.71. The fourth-order valence-corrected chi connectivity index (χ4v) is 2.16. The molecule has 3 atom stereocenters. The van der Waals surface area contributed by atoms with Crippen molar-refractivity contribution < 1.29 is 23.7 Å². The van der Waals surface area contributed by atoms with E-state index < -0.39 is 5.60 Å². The van der Waals surface area contributed by atoms with Gasteiger partial charge in [0.05, 0.1) is 24.9 Å². The summed E-state index contributed by atoms with van der Waals surface area (Å²) in [7, 11) is 3.34. The maximum Gasteiger partial charge on any atom is 0.410 e. The van der Waals surface area contributed by atoms with Crippen molar-refractivity contribution in [2.24, 2.45) is 0 Å². The summed E-state index contributed by atoms with van der Waals surface area (Å²) in [6, 6.07) is -0.0903. The van der Waals surface area contributed by atoms with E-state index in [1.165, 1.54) is 0 Å².